The summed E-state index contributed by atoms with van der Waals surface area (Å²) in [6.45, 7) is 2.91. The summed E-state index contributed by atoms with van der Waals surface area (Å²) >= 11 is 0. The summed E-state index contributed by atoms with van der Waals surface area (Å²) in [4.78, 5) is 23.5. The van der Waals surface area contributed by atoms with Gasteiger partial charge in [-0.1, -0.05) is 66.7 Å². The highest BCUT2D eigenvalue weighted by molar-refractivity contribution is 5.78. The second kappa shape index (κ2) is 10.9. The van der Waals surface area contributed by atoms with Crippen LogP contribution in [0.4, 0.5) is 0 Å². The Morgan fingerprint density at radius 3 is 2.03 bits per heavy atom. The van der Waals surface area contributed by atoms with E-state index in [9.17, 15) is 10.1 Å². The SMILES string of the molecule is CN(CC(=O)N1CCN(C(C#N)c2cccnc2)CC1)C(c1ccccc1)c1ccccc1. The number of aromatic nitrogens is 1. The van der Waals surface area contributed by atoms with Crippen LogP contribution < -0.4 is 0 Å². The monoisotopic (exact) mass is 439 g/mol. The second-order valence-electron chi connectivity index (χ2n) is 8.37. The molecule has 1 fully saturated rings. The largest absolute Gasteiger partial charge is 0.339 e. The molecule has 2 aromatic carbocycles. The van der Waals surface area contributed by atoms with Gasteiger partial charge in [0.05, 0.1) is 18.7 Å². The van der Waals surface area contributed by atoms with E-state index in [0.29, 0.717) is 32.7 Å². The summed E-state index contributed by atoms with van der Waals surface area (Å²) in [6.07, 6.45) is 3.46. The Morgan fingerprint density at radius 1 is 0.939 bits per heavy atom. The van der Waals surface area contributed by atoms with Crippen molar-refractivity contribution < 1.29 is 4.79 Å². The maximum atomic E-state index is 13.2. The molecule has 6 nitrogen and oxygen atoms in total. The predicted molar refractivity (Wildman–Crippen MR) is 128 cm³/mol. The van der Waals surface area contributed by atoms with Gasteiger partial charge in [0.15, 0.2) is 0 Å². The van der Waals surface area contributed by atoms with Crippen molar-refractivity contribution in [3.63, 3.8) is 0 Å². The maximum Gasteiger partial charge on any atom is 0.236 e. The van der Waals surface area contributed by atoms with E-state index in [0.717, 1.165) is 16.7 Å². The number of nitriles is 1. The lowest BCUT2D eigenvalue weighted by atomic mass is 9.97. The Kier molecular flexibility index (Phi) is 7.46. The van der Waals surface area contributed by atoms with Crippen LogP contribution >= 0.6 is 0 Å². The number of carbonyl (C=O) groups is 1. The van der Waals surface area contributed by atoms with Crippen molar-refractivity contribution in [2.75, 3.05) is 39.8 Å². The van der Waals surface area contributed by atoms with Gasteiger partial charge in [0.2, 0.25) is 5.91 Å². The summed E-state index contributed by atoms with van der Waals surface area (Å²) in [5.74, 6) is 0.115. The Morgan fingerprint density at radius 2 is 1.52 bits per heavy atom. The van der Waals surface area contributed by atoms with Crippen LogP contribution in [0, 0.1) is 11.3 Å². The zero-order chi connectivity index (χ0) is 23.0. The Bertz CT molecular complexity index is 1020. The van der Waals surface area contributed by atoms with Crippen LogP contribution in [0.1, 0.15) is 28.8 Å². The molecular formula is C27H29N5O. The minimum atomic E-state index is -0.334. The smallest absolute Gasteiger partial charge is 0.236 e. The van der Waals surface area contributed by atoms with E-state index in [1.54, 1.807) is 12.4 Å². The van der Waals surface area contributed by atoms with Crippen LogP contribution in [0.15, 0.2) is 85.2 Å². The Labute approximate surface area is 195 Å². The van der Waals surface area contributed by atoms with Crippen molar-refractivity contribution in [1.29, 1.82) is 5.26 Å². The molecule has 1 saturated heterocycles. The average molecular weight is 440 g/mol. The van der Waals surface area contributed by atoms with Crippen LogP contribution in [0.5, 0.6) is 0 Å². The number of hydrogen-bond acceptors (Lipinski definition) is 5. The third-order valence-electron chi connectivity index (χ3n) is 6.21. The highest BCUT2D eigenvalue weighted by atomic mass is 16.2. The van der Waals surface area contributed by atoms with E-state index < -0.39 is 0 Å². The van der Waals surface area contributed by atoms with E-state index >= 15 is 0 Å². The van der Waals surface area contributed by atoms with Crippen molar-refractivity contribution in [1.82, 2.24) is 19.7 Å². The van der Waals surface area contributed by atoms with E-state index in [4.69, 9.17) is 0 Å². The maximum absolute atomic E-state index is 13.2. The summed E-state index contributed by atoms with van der Waals surface area (Å²) in [7, 11) is 2.01. The van der Waals surface area contributed by atoms with Crippen molar-refractivity contribution >= 4 is 5.91 Å². The van der Waals surface area contributed by atoms with E-state index in [1.165, 1.54) is 0 Å². The molecule has 0 aliphatic carbocycles. The lowest BCUT2D eigenvalue weighted by molar-refractivity contribution is -0.134. The summed E-state index contributed by atoms with van der Waals surface area (Å²) in [6, 6.07) is 26.4. The quantitative estimate of drug-likeness (QED) is 0.564. The minimum absolute atomic E-state index is 0.00573. The fourth-order valence-electron chi connectivity index (χ4n) is 4.51. The number of hydrogen-bond donors (Lipinski definition) is 0. The lowest BCUT2D eigenvalue weighted by Gasteiger charge is -2.38. The van der Waals surface area contributed by atoms with Crippen LogP contribution in [0.3, 0.4) is 0 Å². The molecule has 0 saturated carbocycles. The standard InChI is InChI=1S/C27H29N5O/c1-30(27(22-9-4-2-5-10-22)23-11-6-3-7-12-23)21-26(33)32-17-15-31(16-18-32)25(19-28)24-13-8-14-29-20-24/h2-14,20,25,27H,15-18,21H2,1H3. The van der Waals surface area contributed by atoms with Gasteiger partial charge in [0, 0.05) is 44.1 Å². The van der Waals surface area contributed by atoms with Crippen molar-refractivity contribution in [3.8, 4) is 6.07 Å². The first-order chi connectivity index (χ1) is 16.2. The molecule has 0 bridgehead atoms. The highest BCUT2D eigenvalue weighted by Crippen LogP contribution is 2.27. The normalized spacial score (nSPS) is 15.4. The first-order valence-electron chi connectivity index (χ1n) is 11.3. The molecule has 168 valence electrons. The van der Waals surface area contributed by atoms with Crippen molar-refractivity contribution in [3.05, 3.63) is 102 Å². The first kappa shape index (κ1) is 22.7. The number of pyridine rings is 1. The topological polar surface area (TPSA) is 63.5 Å². The molecule has 1 aromatic heterocycles. The molecule has 1 atom stereocenters. The fourth-order valence-corrected chi connectivity index (χ4v) is 4.51. The molecule has 0 N–H and O–H groups in total. The van der Waals surface area contributed by atoms with Crippen molar-refractivity contribution in [2.24, 2.45) is 0 Å². The van der Waals surface area contributed by atoms with Gasteiger partial charge in [-0.25, -0.2) is 0 Å². The van der Waals surface area contributed by atoms with Crippen LogP contribution in [0.25, 0.3) is 0 Å². The molecule has 0 radical (unpaired) electrons. The van der Waals surface area contributed by atoms with E-state index in [1.807, 2.05) is 60.5 Å². The molecule has 33 heavy (non-hydrogen) atoms. The average Bonchev–Trinajstić information content (AvgIpc) is 2.87. The molecule has 3 aromatic rings. The summed E-state index contributed by atoms with van der Waals surface area (Å²) < 4.78 is 0. The molecule has 6 heteroatoms. The van der Waals surface area contributed by atoms with Gasteiger partial charge in [-0.2, -0.15) is 5.26 Å². The van der Waals surface area contributed by atoms with E-state index in [-0.39, 0.29) is 18.0 Å². The minimum Gasteiger partial charge on any atom is -0.339 e. The third kappa shape index (κ3) is 5.46. The molecule has 1 unspecified atom stereocenters. The summed E-state index contributed by atoms with van der Waals surface area (Å²) in [5.41, 5.74) is 3.22. The van der Waals surface area contributed by atoms with Gasteiger partial charge in [0.25, 0.3) is 0 Å². The molecule has 1 aliphatic rings. The highest BCUT2D eigenvalue weighted by Gasteiger charge is 2.29. The number of piperazine rings is 1. The zero-order valence-electron chi connectivity index (χ0n) is 18.9. The summed E-state index contributed by atoms with van der Waals surface area (Å²) in [5, 5.41) is 9.70. The Balaban J connectivity index is 1.40. The number of rotatable bonds is 7. The first-order valence-corrected chi connectivity index (χ1v) is 11.3. The number of nitrogens with zero attached hydrogens (tertiary/aromatic N) is 5. The van der Waals surface area contributed by atoms with Crippen molar-refractivity contribution in [2.45, 2.75) is 12.1 Å². The Hall–Kier alpha value is -3.53. The zero-order valence-corrected chi connectivity index (χ0v) is 18.9. The predicted octanol–water partition coefficient (Wildman–Crippen LogP) is 3.51. The fraction of sp³-hybridized carbons (Fsp3) is 0.296. The van der Waals surface area contributed by atoms with Gasteiger partial charge in [-0.15, -0.1) is 0 Å². The van der Waals surface area contributed by atoms with Crippen LogP contribution in [0.2, 0.25) is 0 Å². The second-order valence-corrected chi connectivity index (χ2v) is 8.37. The van der Waals surface area contributed by atoms with Gasteiger partial charge in [0.1, 0.15) is 6.04 Å². The van der Waals surface area contributed by atoms with Crippen LogP contribution in [-0.2, 0) is 4.79 Å². The number of carbonyl (C=O) groups excluding carboxylic acids is 1. The van der Waals surface area contributed by atoms with Gasteiger partial charge in [-0.05, 0) is 24.2 Å². The molecule has 1 amide bonds. The number of benzene rings is 2. The molecule has 0 spiro atoms. The third-order valence-corrected chi connectivity index (χ3v) is 6.21. The van der Waals surface area contributed by atoms with Gasteiger partial charge in [-0.3, -0.25) is 19.6 Å². The lowest BCUT2D eigenvalue weighted by Crippen LogP contribution is -2.51. The molecule has 1 aliphatic heterocycles. The number of amides is 1. The van der Waals surface area contributed by atoms with Crippen LogP contribution in [-0.4, -0.2) is 65.4 Å². The van der Waals surface area contributed by atoms with Gasteiger partial charge >= 0.3 is 0 Å². The number of likely N-dealkylation sites (N-methyl/N-ethyl adjacent to an activating group) is 1. The molecule has 2 heterocycles. The molecular weight excluding hydrogens is 410 g/mol. The molecule has 4 rings (SSSR count). The van der Waals surface area contributed by atoms with Gasteiger partial charge < -0.3 is 4.90 Å². The van der Waals surface area contributed by atoms with E-state index in [2.05, 4.69) is 45.1 Å².